The number of hydrogen-bond donors (Lipinski definition) is 0. The van der Waals surface area contributed by atoms with Gasteiger partial charge in [-0.3, -0.25) is 4.90 Å². The largest absolute Gasteiger partial charge is 0.497 e. The molecule has 0 bridgehead atoms. The predicted octanol–water partition coefficient (Wildman–Crippen LogP) is 3.11. The number of fused-ring (bicyclic) bond motifs is 1. The normalized spacial score (nSPS) is 14.0. The Kier molecular flexibility index (Phi) is 4.23. The highest BCUT2D eigenvalue weighted by atomic mass is 16.5. The molecule has 1 aliphatic rings. The standard InChI is InChI=1S/C19H19NO/c1-21-19-10-9-18-15-20(13-11-17(18)14-19)12-5-8-16-6-3-2-4-7-16/h2-4,6-7,9-10,14H,11-13,15H2,1H3. The van der Waals surface area contributed by atoms with Crippen LogP contribution in [0.25, 0.3) is 0 Å². The van der Waals surface area contributed by atoms with Gasteiger partial charge < -0.3 is 4.74 Å². The van der Waals surface area contributed by atoms with Crippen molar-refractivity contribution < 1.29 is 4.74 Å². The van der Waals surface area contributed by atoms with Gasteiger partial charge in [0.2, 0.25) is 0 Å². The number of methoxy groups -OCH3 is 1. The van der Waals surface area contributed by atoms with Gasteiger partial charge >= 0.3 is 0 Å². The van der Waals surface area contributed by atoms with Crippen LogP contribution in [0.5, 0.6) is 5.75 Å². The van der Waals surface area contributed by atoms with Crippen molar-refractivity contribution in [3.63, 3.8) is 0 Å². The Morgan fingerprint density at radius 2 is 1.95 bits per heavy atom. The first-order chi connectivity index (χ1) is 10.3. The van der Waals surface area contributed by atoms with E-state index in [1.807, 2.05) is 36.4 Å². The molecule has 1 heterocycles. The highest BCUT2D eigenvalue weighted by molar-refractivity contribution is 5.37. The van der Waals surface area contributed by atoms with E-state index in [1.54, 1.807) is 7.11 Å². The summed E-state index contributed by atoms with van der Waals surface area (Å²) in [6, 6.07) is 16.5. The van der Waals surface area contributed by atoms with Gasteiger partial charge in [-0.25, -0.2) is 0 Å². The van der Waals surface area contributed by atoms with Gasteiger partial charge in [-0.15, -0.1) is 0 Å². The summed E-state index contributed by atoms with van der Waals surface area (Å²) >= 11 is 0. The Morgan fingerprint density at radius 3 is 2.76 bits per heavy atom. The highest BCUT2D eigenvalue weighted by Crippen LogP contribution is 2.23. The van der Waals surface area contributed by atoms with E-state index >= 15 is 0 Å². The van der Waals surface area contributed by atoms with Crippen molar-refractivity contribution in [1.29, 1.82) is 0 Å². The van der Waals surface area contributed by atoms with E-state index in [-0.39, 0.29) is 0 Å². The van der Waals surface area contributed by atoms with E-state index in [4.69, 9.17) is 4.74 Å². The Balaban J connectivity index is 1.63. The molecule has 2 aromatic rings. The van der Waals surface area contributed by atoms with Crippen LogP contribution in [0, 0.1) is 11.8 Å². The number of hydrogen-bond acceptors (Lipinski definition) is 2. The molecule has 2 nitrogen and oxygen atoms in total. The number of ether oxygens (including phenoxy) is 1. The van der Waals surface area contributed by atoms with E-state index in [2.05, 4.69) is 28.9 Å². The van der Waals surface area contributed by atoms with Gasteiger partial charge in [-0.05, 0) is 41.8 Å². The number of rotatable bonds is 2. The number of nitrogens with zero attached hydrogens (tertiary/aromatic N) is 1. The first kappa shape index (κ1) is 13.7. The molecule has 0 aromatic heterocycles. The van der Waals surface area contributed by atoms with Crippen molar-refractivity contribution in [3.05, 3.63) is 65.2 Å². The lowest BCUT2D eigenvalue weighted by Gasteiger charge is -2.27. The van der Waals surface area contributed by atoms with Crippen LogP contribution in [-0.4, -0.2) is 25.1 Å². The first-order valence-corrected chi connectivity index (χ1v) is 7.27. The van der Waals surface area contributed by atoms with Crippen LogP contribution in [-0.2, 0) is 13.0 Å². The van der Waals surface area contributed by atoms with Crippen LogP contribution in [0.1, 0.15) is 16.7 Å². The van der Waals surface area contributed by atoms with Crippen molar-refractivity contribution in [2.75, 3.05) is 20.2 Å². The van der Waals surface area contributed by atoms with E-state index in [9.17, 15) is 0 Å². The Bertz CT molecular complexity index is 667. The smallest absolute Gasteiger partial charge is 0.119 e. The van der Waals surface area contributed by atoms with Gasteiger partial charge in [-0.2, -0.15) is 0 Å². The molecule has 21 heavy (non-hydrogen) atoms. The molecular weight excluding hydrogens is 258 g/mol. The highest BCUT2D eigenvalue weighted by Gasteiger charge is 2.15. The van der Waals surface area contributed by atoms with Crippen molar-refractivity contribution in [2.45, 2.75) is 13.0 Å². The zero-order chi connectivity index (χ0) is 14.5. The minimum atomic E-state index is 0.820. The van der Waals surface area contributed by atoms with Gasteiger partial charge in [-0.1, -0.05) is 36.1 Å². The lowest BCUT2D eigenvalue weighted by Crippen LogP contribution is -2.30. The molecule has 0 amide bonds. The summed E-state index contributed by atoms with van der Waals surface area (Å²) in [7, 11) is 1.72. The second-order valence-electron chi connectivity index (χ2n) is 5.26. The molecule has 106 valence electrons. The molecule has 0 saturated heterocycles. The Hall–Kier alpha value is -2.24. The third kappa shape index (κ3) is 3.45. The molecule has 3 rings (SSSR count). The molecule has 0 aliphatic carbocycles. The first-order valence-electron chi connectivity index (χ1n) is 7.27. The molecule has 0 fully saturated rings. The fraction of sp³-hybridized carbons (Fsp3) is 0.263. The Labute approximate surface area is 126 Å². The molecular formula is C19H19NO. The second-order valence-corrected chi connectivity index (χ2v) is 5.26. The SMILES string of the molecule is COc1ccc2c(c1)CCN(CC#Cc1ccccc1)C2. The summed E-state index contributed by atoms with van der Waals surface area (Å²) in [5, 5.41) is 0. The van der Waals surface area contributed by atoms with Crippen LogP contribution >= 0.6 is 0 Å². The molecule has 0 unspecified atom stereocenters. The zero-order valence-corrected chi connectivity index (χ0v) is 12.3. The molecule has 0 saturated carbocycles. The van der Waals surface area contributed by atoms with Gasteiger partial charge in [0, 0.05) is 18.7 Å². The lowest BCUT2D eigenvalue weighted by molar-refractivity contribution is 0.285. The van der Waals surface area contributed by atoms with Gasteiger partial charge in [0.1, 0.15) is 5.75 Å². The fourth-order valence-electron chi connectivity index (χ4n) is 2.62. The third-order valence-electron chi connectivity index (χ3n) is 3.81. The molecule has 2 aromatic carbocycles. The average Bonchev–Trinajstić information content (AvgIpc) is 2.55. The second kappa shape index (κ2) is 6.47. The molecule has 0 atom stereocenters. The topological polar surface area (TPSA) is 12.5 Å². The molecule has 2 heteroatoms. The maximum absolute atomic E-state index is 5.29. The van der Waals surface area contributed by atoms with E-state index < -0.39 is 0 Å². The summed E-state index contributed by atoms with van der Waals surface area (Å²) in [5.74, 6) is 7.45. The van der Waals surface area contributed by atoms with E-state index in [0.29, 0.717) is 0 Å². The van der Waals surface area contributed by atoms with Crippen molar-refractivity contribution >= 4 is 0 Å². The summed E-state index contributed by atoms with van der Waals surface area (Å²) in [4.78, 5) is 2.39. The fourth-order valence-corrected chi connectivity index (χ4v) is 2.62. The quantitative estimate of drug-likeness (QED) is 0.782. The average molecular weight is 277 g/mol. The van der Waals surface area contributed by atoms with Crippen LogP contribution in [0.15, 0.2) is 48.5 Å². The molecule has 0 radical (unpaired) electrons. The molecule has 1 aliphatic heterocycles. The van der Waals surface area contributed by atoms with Crippen molar-refractivity contribution in [3.8, 4) is 17.6 Å². The van der Waals surface area contributed by atoms with Crippen LogP contribution in [0.4, 0.5) is 0 Å². The van der Waals surface area contributed by atoms with Crippen LogP contribution in [0.2, 0.25) is 0 Å². The lowest BCUT2D eigenvalue weighted by atomic mass is 9.99. The third-order valence-corrected chi connectivity index (χ3v) is 3.81. The van der Waals surface area contributed by atoms with Gasteiger partial charge in [0.05, 0.1) is 13.7 Å². The monoisotopic (exact) mass is 277 g/mol. The van der Waals surface area contributed by atoms with Crippen molar-refractivity contribution in [2.24, 2.45) is 0 Å². The molecule has 0 N–H and O–H groups in total. The zero-order valence-electron chi connectivity index (χ0n) is 12.3. The maximum atomic E-state index is 5.29. The van der Waals surface area contributed by atoms with Gasteiger partial charge in [0.15, 0.2) is 0 Å². The maximum Gasteiger partial charge on any atom is 0.119 e. The summed E-state index contributed by atoms with van der Waals surface area (Å²) in [6.07, 6.45) is 1.07. The summed E-state index contributed by atoms with van der Waals surface area (Å²) in [6.45, 7) is 2.85. The van der Waals surface area contributed by atoms with E-state index in [0.717, 1.165) is 37.4 Å². The van der Waals surface area contributed by atoms with Crippen LogP contribution < -0.4 is 4.74 Å². The Morgan fingerprint density at radius 1 is 1.10 bits per heavy atom. The minimum absolute atomic E-state index is 0.820. The van der Waals surface area contributed by atoms with E-state index in [1.165, 1.54) is 11.1 Å². The van der Waals surface area contributed by atoms with Gasteiger partial charge in [0.25, 0.3) is 0 Å². The van der Waals surface area contributed by atoms with Crippen LogP contribution in [0.3, 0.4) is 0 Å². The minimum Gasteiger partial charge on any atom is -0.497 e. The summed E-state index contributed by atoms with van der Waals surface area (Å²) in [5.41, 5.74) is 3.88. The molecule has 0 spiro atoms. The summed E-state index contributed by atoms with van der Waals surface area (Å²) < 4.78 is 5.29. The number of benzene rings is 2. The van der Waals surface area contributed by atoms with Crippen molar-refractivity contribution in [1.82, 2.24) is 4.90 Å². The predicted molar refractivity (Wildman–Crippen MR) is 85.3 cm³/mol.